The Hall–Kier alpha value is -0.990. The van der Waals surface area contributed by atoms with Gasteiger partial charge < -0.3 is 18.8 Å². The summed E-state index contributed by atoms with van der Waals surface area (Å²) in [4.78, 5) is 16.3. The Balaban J connectivity index is 1.35. The highest BCUT2D eigenvalue weighted by atomic mass is 17.3. The second-order valence-electron chi connectivity index (χ2n) is 9.40. The Kier molecular flexibility index (Phi) is 4.60. The number of aryl methyl sites for hydroxylation is 1. The highest BCUT2D eigenvalue weighted by Crippen LogP contribution is 2.60. The number of fused-ring (bicyclic) bond motifs is 2. The molecule has 1 aromatic heterocycles. The third-order valence-electron chi connectivity index (χ3n) is 7.49. The van der Waals surface area contributed by atoms with Gasteiger partial charge in [0.1, 0.15) is 0 Å². The molecule has 5 aliphatic rings. The first-order chi connectivity index (χ1) is 13.4. The number of hydrogen-bond donors (Lipinski definition) is 0. The molecule has 156 valence electrons. The van der Waals surface area contributed by atoms with Gasteiger partial charge in [-0.15, -0.1) is 0 Å². The fraction of sp³-hybridized carbons (Fsp3) is 0.857. The largest absolute Gasteiger partial charge is 0.350 e. The van der Waals surface area contributed by atoms with Crippen LogP contribution in [0.4, 0.5) is 0 Å². The van der Waals surface area contributed by atoms with E-state index in [1.807, 2.05) is 30.9 Å². The quantitative estimate of drug-likeness (QED) is 0.732. The number of hydrogen-bond acceptors (Lipinski definition) is 6. The molecule has 28 heavy (non-hydrogen) atoms. The summed E-state index contributed by atoms with van der Waals surface area (Å²) in [6.07, 6.45) is 7.29. The van der Waals surface area contributed by atoms with Crippen LogP contribution in [0.15, 0.2) is 12.5 Å². The standard InChI is InChI=1S/C21H32N2O5/c1-13-5-6-17-15(3)18(24-10-9-23-11-14(2)22-12-23)25-19-21(17)16(13)7-8-20(4,26-19)27-28-21/h11-13,15-19H,5-10H2,1-4H3/t13-,15-,16+,17+,18?,19-,20-,21-/m1/s1. The van der Waals surface area contributed by atoms with Crippen molar-refractivity contribution in [3.63, 3.8) is 0 Å². The second-order valence-corrected chi connectivity index (χ2v) is 9.40. The van der Waals surface area contributed by atoms with Crippen LogP contribution in [0.5, 0.6) is 0 Å². The molecule has 5 heterocycles. The average Bonchev–Trinajstić information content (AvgIpc) is 2.94. The molecule has 0 N–H and O–H groups in total. The SMILES string of the molecule is Cc1cn(CCOC2O[C@@H]3O[C@@]4(C)CC[C@H]5[C@H](C)CC[C@@H]([C@H]2C)[C@@]35OO4)cn1. The van der Waals surface area contributed by atoms with Crippen LogP contribution in [0, 0.1) is 30.6 Å². The van der Waals surface area contributed by atoms with E-state index < -0.39 is 17.7 Å². The van der Waals surface area contributed by atoms with Gasteiger partial charge >= 0.3 is 0 Å². The maximum absolute atomic E-state index is 6.43. The molecule has 7 heteroatoms. The molecule has 8 atom stereocenters. The second kappa shape index (κ2) is 6.77. The first-order valence-corrected chi connectivity index (χ1v) is 10.7. The summed E-state index contributed by atoms with van der Waals surface area (Å²) in [5.41, 5.74) is 0.494. The van der Waals surface area contributed by atoms with E-state index in [2.05, 4.69) is 18.8 Å². The lowest BCUT2D eigenvalue weighted by Crippen LogP contribution is -2.70. The van der Waals surface area contributed by atoms with E-state index in [0.717, 1.165) is 31.5 Å². The summed E-state index contributed by atoms with van der Waals surface area (Å²) in [5.74, 6) is 0.736. The molecular weight excluding hydrogens is 360 g/mol. The Morgan fingerprint density at radius 2 is 2.07 bits per heavy atom. The molecule has 1 saturated carbocycles. The molecule has 1 spiro atoms. The van der Waals surface area contributed by atoms with Crippen LogP contribution in [-0.2, 0) is 30.5 Å². The average molecular weight is 392 g/mol. The molecule has 4 aliphatic heterocycles. The van der Waals surface area contributed by atoms with Crippen LogP contribution in [0.25, 0.3) is 0 Å². The van der Waals surface area contributed by atoms with Crippen molar-refractivity contribution in [3.05, 3.63) is 18.2 Å². The number of nitrogens with zero attached hydrogens (tertiary/aromatic N) is 2. The van der Waals surface area contributed by atoms with Crippen molar-refractivity contribution in [1.82, 2.24) is 9.55 Å². The van der Waals surface area contributed by atoms with Crippen molar-refractivity contribution in [3.8, 4) is 0 Å². The molecule has 0 radical (unpaired) electrons. The van der Waals surface area contributed by atoms with Crippen molar-refractivity contribution in [2.75, 3.05) is 6.61 Å². The fourth-order valence-corrected chi connectivity index (χ4v) is 5.93. The van der Waals surface area contributed by atoms with Gasteiger partial charge in [0.2, 0.25) is 5.79 Å². The van der Waals surface area contributed by atoms with Crippen LogP contribution in [-0.4, -0.2) is 40.1 Å². The molecular formula is C21H32N2O5. The predicted octanol–water partition coefficient (Wildman–Crippen LogP) is 3.42. The first-order valence-electron chi connectivity index (χ1n) is 10.7. The van der Waals surface area contributed by atoms with Crippen molar-refractivity contribution < 1.29 is 24.0 Å². The highest BCUT2D eigenvalue weighted by molar-refractivity contribution is 5.09. The van der Waals surface area contributed by atoms with Crippen LogP contribution in [0.3, 0.4) is 0 Å². The van der Waals surface area contributed by atoms with E-state index in [4.69, 9.17) is 24.0 Å². The number of imidazole rings is 1. The summed E-state index contributed by atoms with van der Waals surface area (Å²) in [5, 5.41) is 0. The zero-order chi connectivity index (χ0) is 19.5. The van der Waals surface area contributed by atoms with Gasteiger partial charge in [-0.3, -0.25) is 0 Å². The van der Waals surface area contributed by atoms with Gasteiger partial charge in [0.05, 0.1) is 18.6 Å². The summed E-state index contributed by atoms with van der Waals surface area (Å²) >= 11 is 0. The van der Waals surface area contributed by atoms with Crippen LogP contribution >= 0.6 is 0 Å². The summed E-state index contributed by atoms with van der Waals surface area (Å²) in [6.45, 7) is 9.83. The third kappa shape index (κ3) is 2.86. The lowest BCUT2D eigenvalue weighted by Gasteiger charge is -2.60. The van der Waals surface area contributed by atoms with Crippen LogP contribution < -0.4 is 0 Å². The normalized spacial score (nSPS) is 47.6. The minimum atomic E-state index is -0.739. The molecule has 5 fully saturated rings. The third-order valence-corrected chi connectivity index (χ3v) is 7.49. The minimum Gasteiger partial charge on any atom is -0.350 e. The monoisotopic (exact) mass is 392 g/mol. The van der Waals surface area contributed by atoms with Gasteiger partial charge in [-0.25, -0.2) is 14.8 Å². The van der Waals surface area contributed by atoms with Crippen molar-refractivity contribution >= 4 is 0 Å². The van der Waals surface area contributed by atoms with E-state index >= 15 is 0 Å². The highest BCUT2D eigenvalue weighted by Gasteiger charge is 2.69. The van der Waals surface area contributed by atoms with Crippen molar-refractivity contribution in [1.29, 1.82) is 0 Å². The number of rotatable bonds is 4. The molecule has 2 bridgehead atoms. The van der Waals surface area contributed by atoms with Crippen LogP contribution in [0.2, 0.25) is 0 Å². The van der Waals surface area contributed by atoms with Gasteiger partial charge in [-0.1, -0.05) is 13.8 Å². The molecule has 1 unspecified atom stereocenters. The summed E-state index contributed by atoms with van der Waals surface area (Å²) in [6, 6.07) is 0. The van der Waals surface area contributed by atoms with Gasteiger partial charge in [-0.2, -0.15) is 0 Å². The fourth-order valence-electron chi connectivity index (χ4n) is 5.93. The Morgan fingerprint density at radius 3 is 2.86 bits per heavy atom. The van der Waals surface area contributed by atoms with E-state index in [1.165, 1.54) is 6.42 Å². The predicted molar refractivity (Wildman–Crippen MR) is 99.7 cm³/mol. The maximum atomic E-state index is 6.43. The molecule has 1 aromatic rings. The van der Waals surface area contributed by atoms with E-state index in [0.29, 0.717) is 24.4 Å². The lowest BCUT2D eigenvalue weighted by molar-refractivity contribution is -0.577. The molecule has 4 saturated heterocycles. The number of aromatic nitrogens is 2. The van der Waals surface area contributed by atoms with Gasteiger partial charge in [-0.05, 0) is 44.9 Å². The van der Waals surface area contributed by atoms with Gasteiger partial charge in [0.25, 0.3) is 0 Å². The zero-order valence-corrected chi connectivity index (χ0v) is 17.3. The summed E-state index contributed by atoms with van der Waals surface area (Å²) in [7, 11) is 0. The molecule has 0 aromatic carbocycles. The van der Waals surface area contributed by atoms with E-state index in [-0.39, 0.29) is 12.2 Å². The van der Waals surface area contributed by atoms with Gasteiger partial charge in [0.15, 0.2) is 18.2 Å². The Bertz CT molecular complexity index is 725. The lowest BCUT2D eigenvalue weighted by atomic mass is 9.58. The summed E-state index contributed by atoms with van der Waals surface area (Å²) < 4.78 is 21.0. The smallest absolute Gasteiger partial charge is 0.201 e. The Labute approximate surface area is 166 Å². The van der Waals surface area contributed by atoms with Crippen LogP contribution in [0.1, 0.15) is 52.1 Å². The topological polar surface area (TPSA) is 64.0 Å². The van der Waals surface area contributed by atoms with Crippen molar-refractivity contribution in [2.24, 2.45) is 23.7 Å². The van der Waals surface area contributed by atoms with E-state index in [1.54, 1.807) is 0 Å². The first kappa shape index (κ1) is 19.0. The van der Waals surface area contributed by atoms with Gasteiger partial charge in [0, 0.05) is 31.0 Å². The van der Waals surface area contributed by atoms with Crippen molar-refractivity contribution in [2.45, 2.75) is 83.9 Å². The zero-order valence-electron chi connectivity index (χ0n) is 17.3. The number of ether oxygens (including phenoxy) is 3. The van der Waals surface area contributed by atoms with E-state index in [9.17, 15) is 0 Å². The Morgan fingerprint density at radius 1 is 1.21 bits per heavy atom. The maximum Gasteiger partial charge on any atom is 0.201 e. The minimum absolute atomic E-state index is 0.213. The molecule has 7 nitrogen and oxygen atoms in total. The molecule has 0 amide bonds. The molecule has 6 rings (SSSR count). The molecule has 1 aliphatic carbocycles.